The van der Waals surface area contributed by atoms with E-state index in [2.05, 4.69) is 10.0 Å². The Hall–Kier alpha value is -1.60. The van der Waals surface area contributed by atoms with Crippen molar-refractivity contribution in [3.8, 4) is 5.75 Å². The molecule has 20 heavy (non-hydrogen) atoms. The molecule has 0 bridgehead atoms. The van der Waals surface area contributed by atoms with E-state index in [9.17, 15) is 13.2 Å². The Morgan fingerprint density at radius 3 is 2.55 bits per heavy atom. The Bertz CT molecular complexity index is 584. The maximum Gasteiger partial charge on any atom is 0.241 e. The van der Waals surface area contributed by atoms with Crippen molar-refractivity contribution in [2.45, 2.75) is 31.7 Å². The fourth-order valence-electron chi connectivity index (χ4n) is 1.68. The van der Waals surface area contributed by atoms with Gasteiger partial charge in [-0.3, -0.25) is 4.79 Å². The second-order valence-electron chi connectivity index (χ2n) is 4.32. The molecule has 7 heteroatoms. The van der Waals surface area contributed by atoms with Crippen molar-refractivity contribution in [3.63, 3.8) is 0 Å². The van der Waals surface area contributed by atoms with Gasteiger partial charge in [-0.1, -0.05) is 0 Å². The molecule has 1 aromatic rings. The van der Waals surface area contributed by atoms with Crippen molar-refractivity contribution in [2.24, 2.45) is 0 Å². The standard InChI is InChI=1S/C13H20N2O4S/c1-5-19-12-7-6-11(8-9(12)2)20(17,18)15-10(3)13(16)14-4/h6-8,10,15H,5H2,1-4H3,(H,14,16)/t10-/m0/s1. The summed E-state index contributed by atoms with van der Waals surface area (Å²) in [6, 6.07) is 3.75. The predicted octanol–water partition coefficient (Wildman–Crippen LogP) is 0.807. The van der Waals surface area contributed by atoms with Crippen LogP contribution in [0.4, 0.5) is 0 Å². The first kappa shape index (κ1) is 16.5. The van der Waals surface area contributed by atoms with Crippen LogP contribution in [0.2, 0.25) is 0 Å². The number of ether oxygens (including phenoxy) is 1. The van der Waals surface area contributed by atoms with Gasteiger partial charge in [0.1, 0.15) is 5.75 Å². The van der Waals surface area contributed by atoms with Crippen molar-refractivity contribution >= 4 is 15.9 Å². The zero-order valence-corrected chi connectivity index (χ0v) is 12.9. The van der Waals surface area contributed by atoms with E-state index in [1.165, 1.54) is 26.1 Å². The first-order chi connectivity index (χ1) is 9.31. The summed E-state index contributed by atoms with van der Waals surface area (Å²) in [7, 11) is -2.28. The molecule has 0 heterocycles. The van der Waals surface area contributed by atoms with Gasteiger partial charge in [-0.15, -0.1) is 0 Å². The second-order valence-corrected chi connectivity index (χ2v) is 6.03. The topological polar surface area (TPSA) is 84.5 Å². The van der Waals surface area contributed by atoms with Crippen LogP contribution in [0.15, 0.2) is 23.1 Å². The second kappa shape index (κ2) is 6.71. The third kappa shape index (κ3) is 3.94. The number of hydrogen-bond acceptors (Lipinski definition) is 4. The molecule has 1 rings (SSSR count). The van der Waals surface area contributed by atoms with Crippen LogP contribution in [0.5, 0.6) is 5.75 Å². The number of carbonyl (C=O) groups is 1. The number of sulfonamides is 1. The van der Waals surface area contributed by atoms with Crippen LogP contribution in [0.25, 0.3) is 0 Å². The summed E-state index contributed by atoms with van der Waals surface area (Å²) in [5.74, 6) is 0.252. The average molecular weight is 300 g/mol. The van der Waals surface area contributed by atoms with Crippen LogP contribution < -0.4 is 14.8 Å². The molecule has 1 atom stereocenters. The van der Waals surface area contributed by atoms with Crippen LogP contribution in [-0.4, -0.2) is 34.0 Å². The Kier molecular flexibility index (Phi) is 5.52. The zero-order valence-electron chi connectivity index (χ0n) is 12.1. The lowest BCUT2D eigenvalue weighted by Gasteiger charge is -2.14. The molecule has 112 valence electrons. The van der Waals surface area contributed by atoms with Crippen LogP contribution in [0.3, 0.4) is 0 Å². The molecule has 0 saturated carbocycles. The molecular formula is C13H20N2O4S. The van der Waals surface area contributed by atoms with Gasteiger partial charge in [-0.05, 0) is 44.5 Å². The number of aryl methyl sites for hydroxylation is 1. The van der Waals surface area contributed by atoms with Crippen molar-refractivity contribution < 1.29 is 17.9 Å². The fraction of sp³-hybridized carbons (Fsp3) is 0.462. The van der Waals surface area contributed by atoms with Crippen LogP contribution >= 0.6 is 0 Å². The number of rotatable bonds is 6. The number of nitrogens with one attached hydrogen (secondary N) is 2. The normalized spacial score (nSPS) is 12.8. The lowest BCUT2D eigenvalue weighted by molar-refractivity contribution is -0.121. The number of benzene rings is 1. The van der Waals surface area contributed by atoms with Crippen LogP contribution in [-0.2, 0) is 14.8 Å². The summed E-state index contributed by atoms with van der Waals surface area (Å²) >= 11 is 0. The summed E-state index contributed by atoms with van der Waals surface area (Å²) in [6.45, 7) is 5.62. The molecule has 1 aromatic carbocycles. The third-order valence-corrected chi connectivity index (χ3v) is 4.27. The largest absolute Gasteiger partial charge is 0.494 e. The monoisotopic (exact) mass is 300 g/mol. The molecule has 0 aliphatic rings. The van der Waals surface area contributed by atoms with E-state index in [1.807, 2.05) is 6.92 Å². The van der Waals surface area contributed by atoms with E-state index in [4.69, 9.17) is 4.74 Å². The molecular weight excluding hydrogens is 280 g/mol. The Morgan fingerprint density at radius 2 is 2.05 bits per heavy atom. The van der Waals surface area contributed by atoms with E-state index in [0.29, 0.717) is 12.4 Å². The smallest absolute Gasteiger partial charge is 0.241 e. The predicted molar refractivity (Wildman–Crippen MR) is 76.2 cm³/mol. The Morgan fingerprint density at radius 1 is 1.40 bits per heavy atom. The first-order valence-electron chi connectivity index (χ1n) is 6.29. The lowest BCUT2D eigenvalue weighted by atomic mass is 10.2. The quantitative estimate of drug-likeness (QED) is 0.814. The molecule has 2 N–H and O–H groups in total. The van der Waals surface area contributed by atoms with Gasteiger partial charge in [0.15, 0.2) is 0 Å². The minimum atomic E-state index is -3.74. The number of likely N-dealkylation sites (N-methyl/N-ethyl adjacent to an activating group) is 1. The summed E-state index contributed by atoms with van der Waals surface area (Å²) in [5.41, 5.74) is 0.724. The van der Waals surface area contributed by atoms with Crippen molar-refractivity contribution in [1.82, 2.24) is 10.0 Å². The highest BCUT2D eigenvalue weighted by atomic mass is 32.2. The third-order valence-electron chi connectivity index (χ3n) is 2.73. The molecule has 0 radical (unpaired) electrons. The number of amides is 1. The van der Waals surface area contributed by atoms with Crippen LogP contribution in [0, 0.1) is 6.92 Å². The van der Waals surface area contributed by atoms with Gasteiger partial charge >= 0.3 is 0 Å². The molecule has 0 aliphatic carbocycles. The van der Waals surface area contributed by atoms with Gasteiger partial charge in [-0.2, -0.15) is 4.72 Å². The van der Waals surface area contributed by atoms with E-state index >= 15 is 0 Å². The fourth-order valence-corrected chi connectivity index (χ4v) is 2.96. The number of hydrogen-bond donors (Lipinski definition) is 2. The van der Waals surface area contributed by atoms with Crippen LogP contribution in [0.1, 0.15) is 19.4 Å². The van der Waals surface area contributed by atoms with E-state index < -0.39 is 22.0 Å². The average Bonchev–Trinajstić information content (AvgIpc) is 2.39. The van der Waals surface area contributed by atoms with Gasteiger partial charge < -0.3 is 10.1 Å². The Labute approximate surface area is 119 Å². The van der Waals surface area contributed by atoms with Gasteiger partial charge in [0, 0.05) is 7.05 Å². The molecule has 0 saturated heterocycles. The lowest BCUT2D eigenvalue weighted by Crippen LogP contribution is -2.43. The van der Waals surface area contributed by atoms with Gasteiger partial charge in [0.05, 0.1) is 17.5 Å². The first-order valence-corrected chi connectivity index (χ1v) is 7.77. The summed E-state index contributed by atoms with van der Waals surface area (Å²) < 4.78 is 32.0. The highest BCUT2D eigenvalue weighted by Gasteiger charge is 2.21. The summed E-state index contributed by atoms with van der Waals surface area (Å²) in [5, 5.41) is 2.39. The molecule has 0 aromatic heterocycles. The van der Waals surface area contributed by atoms with Gasteiger partial charge in [0.25, 0.3) is 0 Å². The highest BCUT2D eigenvalue weighted by molar-refractivity contribution is 7.89. The molecule has 0 unspecified atom stereocenters. The molecule has 0 aliphatic heterocycles. The zero-order chi connectivity index (χ0) is 15.3. The highest BCUT2D eigenvalue weighted by Crippen LogP contribution is 2.21. The van der Waals surface area contributed by atoms with Crippen molar-refractivity contribution in [3.05, 3.63) is 23.8 Å². The SMILES string of the molecule is CCOc1ccc(S(=O)(=O)N[C@@H](C)C(=O)NC)cc1C. The minimum Gasteiger partial charge on any atom is -0.494 e. The van der Waals surface area contributed by atoms with E-state index in [0.717, 1.165) is 5.56 Å². The Balaban J connectivity index is 2.98. The van der Waals surface area contributed by atoms with Crippen molar-refractivity contribution in [1.29, 1.82) is 0 Å². The minimum absolute atomic E-state index is 0.106. The van der Waals surface area contributed by atoms with E-state index in [-0.39, 0.29) is 4.90 Å². The van der Waals surface area contributed by atoms with Crippen molar-refractivity contribution in [2.75, 3.05) is 13.7 Å². The maximum absolute atomic E-state index is 12.2. The molecule has 0 fully saturated rings. The van der Waals surface area contributed by atoms with E-state index in [1.54, 1.807) is 13.0 Å². The molecule has 6 nitrogen and oxygen atoms in total. The summed E-state index contributed by atoms with van der Waals surface area (Å²) in [6.07, 6.45) is 0. The number of carbonyl (C=O) groups excluding carboxylic acids is 1. The summed E-state index contributed by atoms with van der Waals surface area (Å²) in [4.78, 5) is 11.5. The molecule has 1 amide bonds. The van der Waals surface area contributed by atoms with Gasteiger partial charge in [-0.25, -0.2) is 8.42 Å². The maximum atomic E-state index is 12.2. The van der Waals surface area contributed by atoms with Gasteiger partial charge in [0.2, 0.25) is 15.9 Å². The molecule has 0 spiro atoms.